The fourth-order valence-corrected chi connectivity index (χ4v) is 2.54. The molecule has 0 bridgehead atoms. The number of nitrogens with one attached hydrogen (secondary N) is 1. The number of hydrogen-bond acceptors (Lipinski definition) is 6. The highest BCUT2D eigenvalue weighted by Gasteiger charge is 2.17. The van der Waals surface area contributed by atoms with Gasteiger partial charge in [-0.2, -0.15) is 0 Å². The zero-order chi connectivity index (χ0) is 21.6. The molecule has 0 atom stereocenters. The fourth-order valence-electron chi connectivity index (χ4n) is 2.28. The minimum Gasteiger partial charge on any atom is -0.495 e. The number of carbonyl (C=O) groups is 3. The van der Waals surface area contributed by atoms with Crippen LogP contribution < -0.4 is 10.1 Å². The number of esters is 1. The third-order valence-electron chi connectivity index (χ3n) is 3.55. The standard InChI is InChI=1S/C21H22ClNO6/c1-21(2,3)29-20(26)23-15-7-5-6-14(10-15)19(25)28-12-17(24)13-8-9-18(27-4)16(22)11-13/h5-11H,12H2,1-4H3,(H,23,26). The number of hydrogen-bond donors (Lipinski definition) is 1. The van der Waals surface area contributed by atoms with E-state index < -0.39 is 30.1 Å². The molecular formula is C21H22ClNO6. The molecular weight excluding hydrogens is 398 g/mol. The Labute approximate surface area is 173 Å². The maximum atomic E-state index is 12.3. The Bertz CT molecular complexity index is 920. The van der Waals surface area contributed by atoms with Crippen LogP contribution in [0.1, 0.15) is 41.5 Å². The van der Waals surface area contributed by atoms with Crippen LogP contribution in [0.2, 0.25) is 5.02 Å². The number of amides is 1. The topological polar surface area (TPSA) is 90.9 Å². The van der Waals surface area contributed by atoms with Crippen LogP contribution in [-0.2, 0) is 9.47 Å². The van der Waals surface area contributed by atoms with Gasteiger partial charge in [0.1, 0.15) is 11.4 Å². The summed E-state index contributed by atoms with van der Waals surface area (Å²) >= 11 is 6.00. The van der Waals surface area contributed by atoms with E-state index in [0.29, 0.717) is 17.0 Å². The van der Waals surface area contributed by atoms with Gasteiger partial charge >= 0.3 is 12.1 Å². The summed E-state index contributed by atoms with van der Waals surface area (Å²) in [6, 6.07) is 10.7. The minimum atomic E-state index is -0.703. The molecule has 0 fully saturated rings. The lowest BCUT2D eigenvalue weighted by atomic mass is 10.1. The quantitative estimate of drug-likeness (QED) is 0.537. The van der Waals surface area contributed by atoms with Crippen LogP contribution in [0, 0.1) is 0 Å². The summed E-state index contributed by atoms with van der Waals surface area (Å²) in [6.07, 6.45) is -0.644. The van der Waals surface area contributed by atoms with Gasteiger partial charge in [0.25, 0.3) is 0 Å². The second-order valence-electron chi connectivity index (χ2n) is 7.06. The lowest BCUT2D eigenvalue weighted by Crippen LogP contribution is -2.27. The molecule has 0 radical (unpaired) electrons. The average molecular weight is 420 g/mol. The van der Waals surface area contributed by atoms with E-state index in [1.54, 1.807) is 39.0 Å². The average Bonchev–Trinajstić information content (AvgIpc) is 2.64. The molecule has 0 aliphatic carbocycles. The molecule has 0 saturated heterocycles. The lowest BCUT2D eigenvalue weighted by molar-refractivity contribution is 0.0474. The first-order valence-corrected chi connectivity index (χ1v) is 9.11. The zero-order valence-electron chi connectivity index (χ0n) is 16.6. The van der Waals surface area contributed by atoms with E-state index in [0.717, 1.165) is 0 Å². The van der Waals surface area contributed by atoms with E-state index in [-0.39, 0.29) is 10.6 Å². The molecule has 2 aromatic rings. The molecule has 154 valence electrons. The van der Waals surface area contributed by atoms with Crippen molar-refractivity contribution < 1.29 is 28.6 Å². The molecule has 0 aromatic heterocycles. The van der Waals surface area contributed by atoms with Gasteiger partial charge in [-0.05, 0) is 57.2 Å². The van der Waals surface area contributed by atoms with Crippen LogP contribution in [0.3, 0.4) is 0 Å². The predicted octanol–water partition coefficient (Wildman–Crippen LogP) is 4.74. The van der Waals surface area contributed by atoms with Crippen molar-refractivity contribution >= 4 is 35.1 Å². The number of ketones is 1. The summed E-state index contributed by atoms with van der Waals surface area (Å²) in [5, 5.41) is 2.82. The number of rotatable bonds is 6. The number of ether oxygens (including phenoxy) is 3. The number of carbonyl (C=O) groups excluding carboxylic acids is 3. The molecule has 0 aliphatic heterocycles. The van der Waals surface area contributed by atoms with Crippen molar-refractivity contribution in [1.82, 2.24) is 0 Å². The third-order valence-corrected chi connectivity index (χ3v) is 3.85. The Balaban J connectivity index is 1.98. The van der Waals surface area contributed by atoms with E-state index in [9.17, 15) is 14.4 Å². The Kier molecular flexibility index (Phi) is 7.23. The second kappa shape index (κ2) is 9.43. The van der Waals surface area contributed by atoms with Crippen molar-refractivity contribution in [1.29, 1.82) is 0 Å². The normalized spacial score (nSPS) is 10.8. The van der Waals surface area contributed by atoms with Crippen LogP contribution in [0.15, 0.2) is 42.5 Å². The molecule has 0 heterocycles. The monoisotopic (exact) mass is 419 g/mol. The minimum absolute atomic E-state index is 0.180. The number of anilines is 1. The largest absolute Gasteiger partial charge is 0.495 e. The van der Waals surface area contributed by atoms with Gasteiger partial charge in [-0.15, -0.1) is 0 Å². The first-order valence-electron chi connectivity index (χ1n) is 8.73. The molecule has 8 heteroatoms. The summed E-state index contributed by atoms with van der Waals surface area (Å²) in [4.78, 5) is 36.3. The van der Waals surface area contributed by atoms with Crippen LogP contribution in [0.25, 0.3) is 0 Å². The van der Waals surface area contributed by atoms with Gasteiger partial charge < -0.3 is 14.2 Å². The SMILES string of the molecule is COc1ccc(C(=O)COC(=O)c2cccc(NC(=O)OC(C)(C)C)c2)cc1Cl. The van der Waals surface area contributed by atoms with Crippen molar-refractivity contribution in [3.63, 3.8) is 0 Å². The van der Waals surface area contributed by atoms with Gasteiger partial charge in [0, 0.05) is 11.3 Å². The van der Waals surface area contributed by atoms with Crippen molar-refractivity contribution in [3.8, 4) is 5.75 Å². The van der Waals surface area contributed by atoms with Gasteiger partial charge in [-0.1, -0.05) is 17.7 Å². The van der Waals surface area contributed by atoms with Gasteiger partial charge in [-0.3, -0.25) is 10.1 Å². The Hall–Kier alpha value is -3.06. The predicted molar refractivity (Wildman–Crippen MR) is 109 cm³/mol. The first kappa shape index (κ1) is 22.2. The summed E-state index contributed by atoms with van der Waals surface area (Å²) in [7, 11) is 1.47. The van der Waals surface area contributed by atoms with Gasteiger partial charge in [0.05, 0.1) is 17.7 Å². The second-order valence-corrected chi connectivity index (χ2v) is 7.46. The van der Waals surface area contributed by atoms with Crippen LogP contribution in [0.5, 0.6) is 5.75 Å². The van der Waals surface area contributed by atoms with Crippen LogP contribution >= 0.6 is 11.6 Å². The lowest BCUT2D eigenvalue weighted by Gasteiger charge is -2.19. The summed E-state index contributed by atoms with van der Waals surface area (Å²) in [5.74, 6) is -0.675. The Morgan fingerprint density at radius 1 is 1.03 bits per heavy atom. The van der Waals surface area contributed by atoms with E-state index in [1.807, 2.05) is 0 Å². The fraction of sp³-hybridized carbons (Fsp3) is 0.286. The highest BCUT2D eigenvalue weighted by atomic mass is 35.5. The van der Waals surface area contributed by atoms with E-state index in [1.165, 1.54) is 31.4 Å². The van der Waals surface area contributed by atoms with E-state index in [2.05, 4.69) is 5.32 Å². The number of benzene rings is 2. The maximum absolute atomic E-state index is 12.3. The summed E-state index contributed by atoms with van der Waals surface area (Å²) in [6.45, 7) is 4.78. The van der Waals surface area contributed by atoms with E-state index >= 15 is 0 Å². The Morgan fingerprint density at radius 3 is 2.38 bits per heavy atom. The molecule has 0 aliphatic rings. The first-order chi connectivity index (χ1) is 13.6. The van der Waals surface area contributed by atoms with Crippen molar-refractivity contribution in [2.75, 3.05) is 19.0 Å². The summed E-state index contributed by atoms with van der Waals surface area (Å²) < 4.78 is 15.3. The molecule has 29 heavy (non-hydrogen) atoms. The molecule has 2 rings (SSSR count). The molecule has 0 unspecified atom stereocenters. The molecule has 2 aromatic carbocycles. The number of Topliss-reactive ketones (excluding diaryl/α,β-unsaturated/α-hetero) is 1. The third kappa shape index (κ3) is 6.80. The number of methoxy groups -OCH3 is 1. The highest BCUT2D eigenvalue weighted by Crippen LogP contribution is 2.25. The molecule has 0 spiro atoms. The summed E-state index contributed by atoms with van der Waals surface area (Å²) in [5.41, 5.74) is 0.191. The Morgan fingerprint density at radius 2 is 1.76 bits per heavy atom. The van der Waals surface area contributed by atoms with Crippen LogP contribution in [0.4, 0.5) is 10.5 Å². The van der Waals surface area contributed by atoms with Gasteiger partial charge in [0.2, 0.25) is 0 Å². The highest BCUT2D eigenvalue weighted by molar-refractivity contribution is 6.32. The molecule has 7 nitrogen and oxygen atoms in total. The molecule has 1 amide bonds. The van der Waals surface area contributed by atoms with Crippen molar-refractivity contribution in [3.05, 3.63) is 58.6 Å². The van der Waals surface area contributed by atoms with E-state index in [4.69, 9.17) is 25.8 Å². The molecule has 0 saturated carbocycles. The van der Waals surface area contributed by atoms with Crippen molar-refractivity contribution in [2.45, 2.75) is 26.4 Å². The van der Waals surface area contributed by atoms with Gasteiger partial charge in [0.15, 0.2) is 12.4 Å². The number of halogens is 1. The maximum Gasteiger partial charge on any atom is 0.412 e. The molecule has 1 N–H and O–H groups in total. The van der Waals surface area contributed by atoms with Crippen LogP contribution in [-0.4, -0.2) is 37.2 Å². The zero-order valence-corrected chi connectivity index (χ0v) is 17.3. The smallest absolute Gasteiger partial charge is 0.412 e. The van der Waals surface area contributed by atoms with Gasteiger partial charge in [-0.25, -0.2) is 9.59 Å². The van der Waals surface area contributed by atoms with Crippen molar-refractivity contribution in [2.24, 2.45) is 0 Å².